The molecule has 298 valence electrons. The van der Waals surface area contributed by atoms with Gasteiger partial charge in [0.2, 0.25) is 11.9 Å². The second kappa shape index (κ2) is 16.7. The number of benzene rings is 1. The molecular weight excluding hydrogens is 686 g/mol. The van der Waals surface area contributed by atoms with Crippen molar-refractivity contribution in [3.8, 4) is 5.75 Å². The molecule has 13 nitrogen and oxygen atoms in total. The third-order valence-corrected chi connectivity index (χ3v) is 10.6. The van der Waals surface area contributed by atoms with Crippen LogP contribution in [0.15, 0.2) is 24.4 Å². The van der Waals surface area contributed by atoms with Gasteiger partial charge in [0.05, 0.1) is 31.7 Å². The molecule has 5 rings (SSSR count). The number of fused-ring (bicyclic) bond motifs is 1. The van der Waals surface area contributed by atoms with E-state index in [2.05, 4.69) is 48.2 Å². The minimum absolute atomic E-state index is 0.0725. The first kappa shape index (κ1) is 41.0. The number of nitrogens with zero attached hydrogens (tertiary/aromatic N) is 5. The lowest BCUT2D eigenvalue weighted by Gasteiger charge is -2.43. The molecule has 2 N–H and O–H groups in total. The number of hydrogen-bond donors (Lipinski definition) is 2. The summed E-state index contributed by atoms with van der Waals surface area (Å²) in [5.41, 5.74) is 0.998. The Morgan fingerprint density at radius 2 is 1.67 bits per heavy atom. The topological polar surface area (TPSA) is 138 Å². The second-order valence-electron chi connectivity index (χ2n) is 17.8. The molecule has 54 heavy (non-hydrogen) atoms. The molecule has 0 unspecified atom stereocenters. The van der Waals surface area contributed by atoms with Crippen molar-refractivity contribution >= 4 is 41.0 Å². The molecular formula is C41H63N7O6. The summed E-state index contributed by atoms with van der Waals surface area (Å²) in [5.74, 6) is 1.54. The highest BCUT2D eigenvalue weighted by Gasteiger charge is 2.41. The van der Waals surface area contributed by atoms with E-state index < -0.39 is 5.60 Å². The number of carbonyl (C=O) groups excluding carboxylic acids is 3. The number of carbonyl (C=O) groups is 3. The van der Waals surface area contributed by atoms with Crippen LogP contribution in [-0.2, 0) is 14.3 Å². The summed E-state index contributed by atoms with van der Waals surface area (Å²) in [6.07, 6.45) is 9.03. The normalized spacial score (nSPS) is 18.8. The molecule has 1 aliphatic carbocycles. The summed E-state index contributed by atoms with van der Waals surface area (Å²) in [6, 6.07) is 5.31. The fraction of sp³-hybridized carbons (Fsp3) is 0.683. The molecule has 0 spiro atoms. The Bertz CT molecular complexity index is 1640. The Kier molecular flexibility index (Phi) is 12.7. The highest BCUT2D eigenvalue weighted by Crippen LogP contribution is 2.41. The maximum atomic E-state index is 13.4. The summed E-state index contributed by atoms with van der Waals surface area (Å²) < 4.78 is 17.6. The number of likely N-dealkylation sites (N-methyl/N-ethyl adjacent to an activating group) is 1. The zero-order valence-electron chi connectivity index (χ0n) is 34.2. The summed E-state index contributed by atoms with van der Waals surface area (Å²) >= 11 is 0. The van der Waals surface area contributed by atoms with Gasteiger partial charge in [0, 0.05) is 38.3 Å². The SMILES string of the molecule is CC[C@@H]1C(=O)N(C)c2cnc(Nc3ccc(C(=O)NCC(C)(C)CC(C)(C)COC4CCN(C(=O)OC(C)(C)C)CC4)cc3OC)nc2N1C1CCCC1. The van der Waals surface area contributed by atoms with E-state index in [1.54, 1.807) is 48.4 Å². The smallest absolute Gasteiger partial charge is 0.410 e. The van der Waals surface area contributed by atoms with E-state index in [9.17, 15) is 14.4 Å². The Labute approximate surface area is 321 Å². The molecule has 3 amide bonds. The number of amides is 3. The van der Waals surface area contributed by atoms with Crippen molar-refractivity contribution in [1.29, 1.82) is 0 Å². The van der Waals surface area contributed by atoms with E-state index in [0.29, 0.717) is 61.3 Å². The third kappa shape index (κ3) is 10.1. The molecule has 2 aromatic rings. The fourth-order valence-electron chi connectivity index (χ4n) is 8.21. The van der Waals surface area contributed by atoms with Gasteiger partial charge in [-0.05, 0) is 88.3 Å². The highest BCUT2D eigenvalue weighted by molar-refractivity contribution is 6.04. The molecule has 13 heteroatoms. The minimum Gasteiger partial charge on any atom is -0.495 e. The average molecular weight is 750 g/mol. The number of piperidine rings is 1. The second-order valence-corrected chi connectivity index (χ2v) is 17.8. The molecule has 1 atom stereocenters. The van der Waals surface area contributed by atoms with Gasteiger partial charge in [-0.3, -0.25) is 9.59 Å². The largest absolute Gasteiger partial charge is 0.495 e. The minimum atomic E-state index is -0.506. The Balaban J connectivity index is 1.16. The molecule has 1 aromatic heterocycles. The van der Waals surface area contributed by atoms with Crippen LogP contribution in [0.3, 0.4) is 0 Å². The van der Waals surface area contributed by atoms with Crippen molar-refractivity contribution < 1.29 is 28.6 Å². The number of anilines is 4. The van der Waals surface area contributed by atoms with Crippen LogP contribution in [0.5, 0.6) is 5.75 Å². The van der Waals surface area contributed by atoms with Crippen molar-refractivity contribution in [1.82, 2.24) is 20.2 Å². The van der Waals surface area contributed by atoms with Gasteiger partial charge < -0.3 is 39.5 Å². The average Bonchev–Trinajstić information content (AvgIpc) is 3.65. The van der Waals surface area contributed by atoms with E-state index in [-0.39, 0.29) is 46.9 Å². The zero-order valence-corrected chi connectivity index (χ0v) is 34.2. The van der Waals surface area contributed by atoms with Crippen LogP contribution in [-0.4, -0.2) is 97.0 Å². The Hall–Kier alpha value is -4.13. The maximum absolute atomic E-state index is 13.4. The van der Waals surface area contributed by atoms with Gasteiger partial charge in [0.25, 0.3) is 5.91 Å². The molecule has 0 radical (unpaired) electrons. The lowest BCUT2D eigenvalue weighted by molar-refractivity contribution is -0.120. The Morgan fingerprint density at radius 3 is 2.30 bits per heavy atom. The molecule has 2 aliphatic heterocycles. The summed E-state index contributed by atoms with van der Waals surface area (Å²) in [5, 5.41) is 6.43. The monoisotopic (exact) mass is 749 g/mol. The van der Waals surface area contributed by atoms with Gasteiger partial charge in [0.1, 0.15) is 23.1 Å². The first-order valence-corrected chi connectivity index (χ1v) is 19.7. The number of likely N-dealkylation sites (tertiary alicyclic amines) is 1. The standard InChI is InChI=1S/C41H63N7O6/c1-11-31-36(50)46(9)32-23-42-37(45-34(32)48(31)28-14-12-13-15-28)44-30-17-16-27(22-33(30)52-10)35(49)43-25-40(5,6)24-41(7,8)26-53-29-18-20-47(21-19-29)38(51)54-39(2,3)4/h16-17,22-23,28-29,31H,11-15,18-21,24-26H2,1-10H3,(H,43,49)(H,42,44,45)/t31-/m1/s1. The van der Waals surface area contributed by atoms with E-state index in [4.69, 9.17) is 19.2 Å². The van der Waals surface area contributed by atoms with Crippen LogP contribution in [0.25, 0.3) is 0 Å². The van der Waals surface area contributed by atoms with Gasteiger partial charge in [-0.25, -0.2) is 9.78 Å². The molecule has 2 fully saturated rings. The van der Waals surface area contributed by atoms with Crippen LogP contribution in [0.4, 0.5) is 27.9 Å². The van der Waals surface area contributed by atoms with Crippen molar-refractivity contribution in [3.63, 3.8) is 0 Å². The number of aromatic nitrogens is 2. The number of hydrogen-bond acceptors (Lipinski definition) is 10. The van der Waals surface area contributed by atoms with E-state index >= 15 is 0 Å². The number of rotatable bonds is 13. The van der Waals surface area contributed by atoms with Gasteiger partial charge in [-0.15, -0.1) is 0 Å². The molecule has 3 aliphatic rings. The highest BCUT2D eigenvalue weighted by atomic mass is 16.6. The third-order valence-electron chi connectivity index (χ3n) is 10.6. The molecule has 1 saturated heterocycles. The lowest BCUT2D eigenvalue weighted by Crippen LogP contribution is -2.55. The first-order chi connectivity index (χ1) is 25.4. The molecule has 1 saturated carbocycles. The first-order valence-electron chi connectivity index (χ1n) is 19.7. The van der Waals surface area contributed by atoms with Gasteiger partial charge in [0.15, 0.2) is 5.82 Å². The van der Waals surface area contributed by atoms with Crippen LogP contribution in [0.1, 0.15) is 117 Å². The van der Waals surface area contributed by atoms with Crippen LogP contribution >= 0.6 is 0 Å². The zero-order chi connectivity index (χ0) is 39.4. The molecule has 0 bridgehead atoms. The van der Waals surface area contributed by atoms with Crippen LogP contribution in [0.2, 0.25) is 0 Å². The fourth-order valence-corrected chi connectivity index (χ4v) is 8.21. The molecule has 3 heterocycles. The van der Waals surface area contributed by atoms with Crippen molar-refractivity contribution in [2.45, 2.75) is 131 Å². The predicted octanol–water partition coefficient (Wildman–Crippen LogP) is 7.32. The van der Waals surface area contributed by atoms with Crippen molar-refractivity contribution in [2.75, 3.05) is 55.5 Å². The maximum Gasteiger partial charge on any atom is 0.410 e. The summed E-state index contributed by atoms with van der Waals surface area (Å²) in [7, 11) is 3.36. The molecule has 1 aromatic carbocycles. The van der Waals surface area contributed by atoms with Gasteiger partial charge >= 0.3 is 6.09 Å². The van der Waals surface area contributed by atoms with Crippen LogP contribution in [0, 0.1) is 10.8 Å². The van der Waals surface area contributed by atoms with Crippen molar-refractivity contribution in [3.05, 3.63) is 30.0 Å². The van der Waals surface area contributed by atoms with E-state index in [1.807, 2.05) is 27.7 Å². The quantitative estimate of drug-likeness (QED) is 0.214. The number of ether oxygens (including phenoxy) is 3. The van der Waals surface area contributed by atoms with Crippen LogP contribution < -0.4 is 25.2 Å². The van der Waals surface area contributed by atoms with Crippen molar-refractivity contribution in [2.24, 2.45) is 10.8 Å². The predicted molar refractivity (Wildman–Crippen MR) is 212 cm³/mol. The number of methoxy groups -OCH3 is 1. The van der Waals surface area contributed by atoms with E-state index in [0.717, 1.165) is 50.8 Å². The number of nitrogens with one attached hydrogen (secondary N) is 2. The van der Waals surface area contributed by atoms with Gasteiger partial charge in [-0.2, -0.15) is 4.98 Å². The van der Waals surface area contributed by atoms with Gasteiger partial charge in [-0.1, -0.05) is 47.5 Å². The summed E-state index contributed by atoms with van der Waals surface area (Å²) in [4.78, 5) is 54.3. The Morgan fingerprint density at radius 1 is 0.981 bits per heavy atom. The van der Waals surface area contributed by atoms with E-state index in [1.165, 1.54) is 0 Å². The lowest BCUT2D eigenvalue weighted by atomic mass is 9.75. The summed E-state index contributed by atoms with van der Waals surface area (Å²) in [6.45, 7) is 18.7.